The second kappa shape index (κ2) is 8.49. The predicted octanol–water partition coefficient (Wildman–Crippen LogP) is 4.56. The average Bonchev–Trinajstić information content (AvgIpc) is 3.07. The number of carbonyl (C=O) groups is 1. The van der Waals surface area contributed by atoms with Gasteiger partial charge >= 0.3 is 0 Å². The van der Waals surface area contributed by atoms with Crippen molar-refractivity contribution in [3.63, 3.8) is 0 Å². The third-order valence-corrected chi connectivity index (χ3v) is 6.82. The molecule has 1 atom stereocenters. The van der Waals surface area contributed by atoms with Gasteiger partial charge in [0.2, 0.25) is 5.91 Å². The van der Waals surface area contributed by atoms with Crippen LogP contribution in [0, 0.1) is 5.92 Å². The van der Waals surface area contributed by atoms with Gasteiger partial charge in [-0.1, -0.05) is 32.4 Å². The first-order valence-electron chi connectivity index (χ1n) is 10.4. The fourth-order valence-electron chi connectivity index (χ4n) is 3.97. The van der Waals surface area contributed by atoms with E-state index in [1.807, 2.05) is 24.3 Å². The first-order chi connectivity index (χ1) is 14.0. The van der Waals surface area contributed by atoms with Gasteiger partial charge in [0, 0.05) is 10.6 Å². The minimum Gasteiger partial charge on any atom is -0.325 e. The number of rotatable bonds is 6. The molecule has 1 N–H and O–H groups in total. The third-order valence-electron chi connectivity index (χ3n) is 5.65. The first-order valence-corrected chi connectivity index (χ1v) is 11.2. The molecule has 2 aromatic heterocycles. The number of aryl methyl sites for hydroxylation is 2. The van der Waals surface area contributed by atoms with Gasteiger partial charge in [-0.2, -0.15) is 0 Å². The number of nitrogens with one attached hydrogen (secondary N) is 1. The number of hydrogen-bond acceptors (Lipinski definition) is 4. The lowest BCUT2D eigenvalue weighted by molar-refractivity contribution is -0.116. The van der Waals surface area contributed by atoms with Crippen LogP contribution in [-0.4, -0.2) is 15.5 Å². The molecule has 0 bridgehead atoms. The smallest absolute Gasteiger partial charge is 0.262 e. The molecule has 0 unspecified atom stereocenters. The molecule has 0 saturated heterocycles. The normalized spacial score (nSPS) is 16.0. The molecular weight excluding hydrogens is 382 g/mol. The van der Waals surface area contributed by atoms with Gasteiger partial charge in [0.25, 0.3) is 5.56 Å². The minimum atomic E-state index is -0.215. The van der Waals surface area contributed by atoms with Gasteiger partial charge in [0.1, 0.15) is 11.4 Å². The highest BCUT2D eigenvalue weighted by Crippen LogP contribution is 2.35. The van der Waals surface area contributed by atoms with Crippen LogP contribution in [0.5, 0.6) is 0 Å². The zero-order chi connectivity index (χ0) is 20.4. The van der Waals surface area contributed by atoms with Crippen LogP contribution < -0.4 is 10.9 Å². The van der Waals surface area contributed by atoms with E-state index in [9.17, 15) is 9.59 Å². The fraction of sp³-hybridized carbons (Fsp3) is 0.435. The number of nitrogens with zero attached hydrogens (tertiary/aromatic N) is 2. The number of thiophene rings is 1. The number of carbonyl (C=O) groups excluding carboxylic acids is 1. The van der Waals surface area contributed by atoms with E-state index in [-0.39, 0.29) is 18.0 Å². The van der Waals surface area contributed by atoms with Crippen molar-refractivity contribution >= 4 is 33.1 Å². The molecule has 2 heterocycles. The summed E-state index contributed by atoms with van der Waals surface area (Å²) in [5, 5.41) is 3.60. The Labute approximate surface area is 174 Å². The van der Waals surface area contributed by atoms with Crippen molar-refractivity contribution < 1.29 is 4.79 Å². The van der Waals surface area contributed by atoms with Crippen molar-refractivity contribution in [2.45, 2.75) is 58.9 Å². The van der Waals surface area contributed by atoms with Crippen LogP contribution in [0.1, 0.15) is 49.1 Å². The van der Waals surface area contributed by atoms with E-state index in [0.29, 0.717) is 11.3 Å². The number of aromatic nitrogens is 2. The highest BCUT2D eigenvalue weighted by Gasteiger charge is 2.23. The second-order valence-corrected chi connectivity index (χ2v) is 9.14. The molecule has 1 aromatic carbocycles. The fourth-order valence-corrected chi connectivity index (χ4v) is 5.31. The Hall–Kier alpha value is -2.47. The molecule has 152 valence electrons. The number of anilines is 1. The first kappa shape index (κ1) is 19.8. The Morgan fingerprint density at radius 3 is 2.86 bits per heavy atom. The minimum absolute atomic E-state index is 0.0274. The van der Waals surface area contributed by atoms with Gasteiger partial charge in [-0.25, -0.2) is 4.98 Å². The maximum atomic E-state index is 13.0. The Morgan fingerprint density at radius 2 is 2.10 bits per heavy atom. The lowest BCUT2D eigenvalue weighted by atomic mass is 9.89. The summed E-state index contributed by atoms with van der Waals surface area (Å²) in [4.78, 5) is 32.1. The number of unbranched alkanes of at least 4 members (excludes halogenated alkanes) is 1. The van der Waals surface area contributed by atoms with Crippen LogP contribution in [0.25, 0.3) is 10.2 Å². The maximum absolute atomic E-state index is 13.0. The lowest BCUT2D eigenvalue weighted by Gasteiger charge is -2.17. The monoisotopic (exact) mass is 409 g/mol. The van der Waals surface area contributed by atoms with Gasteiger partial charge in [0.05, 0.1) is 11.7 Å². The largest absolute Gasteiger partial charge is 0.325 e. The van der Waals surface area contributed by atoms with Crippen molar-refractivity contribution in [3.8, 4) is 0 Å². The standard InChI is InChI=1S/C23H27N3O2S/c1-3-4-5-16-7-9-17(10-8-16)25-20(27)13-26-14-24-22-21(23(26)28)18-11-6-15(2)12-19(18)29-22/h7-10,14-15H,3-6,11-13H2,1-2H3,(H,25,27)/t15-/m1/s1. The Kier molecular flexibility index (Phi) is 5.81. The molecule has 0 spiro atoms. The third kappa shape index (κ3) is 4.27. The van der Waals surface area contributed by atoms with Gasteiger partial charge in [-0.15, -0.1) is 11.3 Å². The topological polar surface area (TPSA) is 64.0 Å². The van der Waals surface area contributed by atoms with Crippen LogP contribution in [-0.2, 0) is 30.6 Å². The summed E-state index contributed by atoms with van der Waals surface area (Å²) in [5.41, 5.74) is 3.07. The van der Waals surface area contributed by atoms with Crippen LogP contribution in [0.2, 0.25) is 0 Å². The van der Waals surface area contributed by atoms with E-state index in [1.165, 1.54) is 21.3 Å². The molecule has 0 aliphatic heterocycles. The summed E-state index contributed by atoms with van der Waals surface area (Å²) in [7, 11) is 0. The van der Waals surface area contributed by atoms with Crippen molar-refractivity contribution in [2.24, 2.45) is 5.92 Å². The SMILES string of the molecule is CCCCc1ccc(NC(=O)Cn2cnc3sc4c(c3c2=O)CC[C@@H](C)C4)cc1. The molecule has 1 aliphatic carbocycles. The van der Waals surface area contributed by atoms with E-state index in [0.717, 1.165) is 54.6 Å². The molecule has 29 heavy (non-hydrogen) atoms. The zero-order valence-corrected chi connectivity index (χ0v) is 17.8. The Bertz CT molecular complexity index is 1080. The summed E-state index contributed by atoms with van der Waals surface area (Å²) in [6.45, 7) is 4.40. The van der Waals surface area contributed by atoms with E-state index in [1.54, 1.807) is 11.3 Å². The highest BCUT2D eigenvalue weighted by atomic mass is 32.1. The second-order valence-electron chi connectivity index (χ2n) is 8.06. The summed E-state index contributed by atoms with van der Waals surface area (Å²) in [6.07, 6.45) is 7.92. The van der Waals surface area contributed by atoms with E-state index >= 15 is 0 Å². The summed E-state index contributed by atoms with van der Waals surface area (Å²) in [6, 6.07) is 7.93. The molecule has 6 heteroatoms. The molecule has 4 rings (SSSR count). The average molecular weight is 410 g/mol. The zero-order valence-electron chi connectivity index (χ0n) is 17.0. The van der Waals surface area contributed by atoms with Gasteiger partial charge < -0.3 is 5.32 Å². The van der Waals surface area contributed by atoms with Crippen LogP contribution in [0.3, 0.4) is 0 Å². The number of amides is 1. The Balaban J connectivity index is 1.49. The van der Waals surface area contributed by atoms with Crippen molar-refractivity contribution in [1.29, 1.82) is 0 Å². The lowest BCUT2D eigenvalue weighted by Crippen LogP contribution is -2.28. The van der Waals surface area contributed by atoms with Crippen molar-refractivity contribution in [2.75, 3.05) is 5.32 Å². The van der Waals surface area contributed by atoms with E-state index < -0.39 is 0 Å². The van der Waals surface area contributed by atoms with Gasteiger partial charge in [-0.3, -0.25) is 14.2 Å². The molecular formula is C23H27N3O2S. The Morgan fingerprint density at radius 1 is 1.31 bits per heavy atom. The quantitative estimate of drug-likeness (QED) is 0.649. The predicted molar refractivity (Wildman–Crippen MR) is 119 cm³/mol. The molecule has 1 amide bonds. The van der Waals surface area contributed by atoms with E-state index in [4.69, 9.17) is 0 Å². The molecule has 0 saturated carbocycles. The van der Waals surface area contributed by atoms with Gasteiger partial charge in [-0.05, 0) is 61.3 Å². The van der Waals surface area contributed by atoms with Crippen molar-refractivity contribution in [1.82, 2.24) is 9.55 Å². The number of benzene rings is 1. The number of hydrogen-bond donors (Lipinski definition) is 1. The molecule has 0 radical (unpaired) electrons. The summed E-state index contributed by atoms with van der Waals surface area (Å²) in [5.74, 6) is 0.434. The highest BCUT2D eigenvalue weighted by molar-refractivity contribution is 7.18. The summed E-state index contributed by atoms with van der Waals surface area (Å²) < 4.78 is 1.43. The molecule has 3 aromatic rings. The maximum Gasteiger partial charge on any atom is 0.262 e. The number of fused-ring (bicyclic) bond motifs is 3. The van der Waals surface area contributed by atoms with Crippen LogP contribution in [0.15, 0.2) is 35.4 Å². The van der Waals surface area contributed by atoms with E-state index in [2.05, 4.69) is 24.1 Å². The van der Waals surface area contributed by atoms with Crippen LogP contribution in [0.4, 0.5) is 5.69 Å². The molecule has 1 aliphatic rings. The molecule has 0 fully saturated rings. The summed E-state index contributed by atoms with van der Waals surface area (Å²) >= 11 is 1.63. The molecule has 5 nitrogen and oxygen atoms in total. The van der Waals surface area contributed by atoms with Crippen molar-refractivity contribution in [3.05, 3.63) is 57.0 Å². The van der Waals surface area contributed by atoms with Gasteiger partial charge in [0.15, 0.2) is 0 Å². The van der Waals surface area contributed by atoms with Crippen LogP contribution >= 0.6 is 11.3 Å².